The zero-order valence-corrected chi connectivity index (χ0v) is 16.9. The van der Waals surface area contributed by atoms with Crippen molar-refractivity contribution in [3.8, 4) is 0 Å². The lowest BCUT2D eigenvalue weighted by molar-refractivity contribution is -0.120. The summed E-state index contributed by atoms with van der Waals surface area (Å²) in [6, 6.07) is 8.03. The van der Waals surface area contributed by atoms with E-state index in [1.165, 1.54) is 24.6 Å². The fourth-order valence-corrected chi connectivity index (χ4v) is 5.44. The Labute approximate surface area is 166 Å². The molecule has 0 radical (unpaired) electrons. The number of aromatic nitrogens is 3. The van der Waals surface area contributed by atoms with Crippen LogP contribution in [-0.4, -0.2) is 26.8 Å². The maximum absolute atomic E-state index is 12.8. The Morgan fingerprint density at radius 1 is 1.22 bits per heavy atom. The van der Waals surface area contributed by atoms with E-state index in [-0.39, 0.29) is 5.91 Å². The van der Waals surface area contributed by atoms with Crippen LogP contribution in [0.2, 0.25) is 0 Å². The van der Waals surface area contributed by atoms with Gasteiger partial charge in [-0.1, -0.05) is 54.7 Å². The lowest BCUT2D eigenvalue weighted by Gasteiger charge is -2.30. The Bertz CT molecular complexity index is 896. The summed E-state index contributed by atoms with van der Waals surface area (Å²) >= 11 is 3.10. The second kappa shape index (κ2) is 7.98. The number of hydrogen-bond acceptors (Lipinski definition) is 7. The minimum Gasteiger partial charge on any atom is -0.342 e. The molecule has 0 aliphatic heterocycles. The SMILES string of the molecule is Cc1nc(C2(NC(=O)CSc3nc4ccccc4s3)CCCCCC2)no1. The largest absolute Gasteiger partial charge is 0.342 e. The Morgan fingerprint density at radius 3 is 2.70 bits per heavy atom. The first-order valence-electron chi connectivity index (χ1n) is 9.25. The molecule has 27 heavy (non-hydrogen) atoms. The second-order valence-corrected chi connectivity index (χ2v) is 9.17. The smallest absolute Gasteiger partial charge is 0.231 e. The van der Waals surface area contributed by atoms with E-state index in [4.69, 9.17) is 4.52 Å². The molecule has 1 aliphatic rings. The number of fused-ring (bicyclic) bond motifs is 1. The third kappa shape index (κ3) is 4.16. The van der Waals surface area contributed by atoms with Gasteiger partial charge in [0.15, 0.2) is 10.2 Å². The third-order valence-electron chi connectivity index (χ3n) is 4.89. The molecule has 0 bridgehead atoms. The van der Waals surface area contributed by atoms with Crippen molar-refractivity contribution in [2.45, 2.75) is 55.3 Å². The van der Waals surface area contributed by atoms with Gasteiger partial charge >= 0.3 is 0 Å². The molecular weight excluding hydrogens is 380 g/mol. The number of rotatable bonds is 5. The van der Waals surface area contributed by atoms with Gasteiger partial charge in [-0.2, -0.15) is 4.98 Å². The molecule has 1 aliphatic carbocycles. The highest BCUT2D eigenvalue weighted by atomic mass is 32.2. The third-order valence-corrected chi connectivity index (χ3v) is 7.07. The molecule has 1 N–H and O–H groups in total. The number of aryl methyl sites for hydroxylation is 1. The predicted octanol–water partition coefficient (Wildman–Crippen LogP) is 4.45. The summed E-state index contributed by atoms with van der Waals surface area (Å²) in [5, 5.41) is 7.37. The van der Waals surface area contributed by atoms with E-state index in [2.05, 4.69) is 26.5 Å². The average Bonchev–Trinajstić information content (AvgIpc) is 3.21. The molecular formula is C19H22N4O2S2. The fraction of sp³-hybridized carbons (Fsp3) is 0.474. The van der Waals surface area contributed by atoms with E-state index in [0.29, 0.717) is 17.5 Å². The van der Waals surface area contributed by atoms with Crippen LogP contribution in [0.4, 0.5) is 0 Å². The van der Waals surface area contributed by atoms with Crippen LogP contribution in [0.3, 0.4) is 0 Å². The zero-order valence-electron chi connectivity index (χ0n) is 15.2. The lowest BCUT2D eigenvalue weighted by Crippen LogP contribution is -2.47. The van der Waals surface area contributed by atoms with Crippen LogP contribution in [0.25, 0.3) is 10.2 Å². The van der Waals surface area contributed by atoms with Gasteiger partial charge in [0.2, 0.25) is 11.8 Å². The topological polar surface area (TPSA) is 80.9 Å². The van der Waals surface area contributed by atoms with Gasteiger partial charge in [0, 0.05) is 6.92 Å². The van der Waals surface area contributed by atoms with Gasteiger partial charge in [-0.3, -0.25) is 4.79 Å². The summed E-state index contributed by atoms with van der Waals surface area (Å²) in [5.74, 6) is 1.47. The molecule has 0 spiro atoms. The molecule has 1 saturated carbocycles. The Kier molecular flexibility index (Phi) is 5.45. The number of amides is 1. The number of benzene rings is 1. The van der Waals surface area contributed by atoms with Crippen LogP contribution in [0.1, 0.15) is 50.2 Å². The van der Waals surface area contributed by atoms with E-state index in [9.17, 15) is 4.79 Å². The van der Waals surface area contributed by atoms with E-state index in [1.54, 1.807) is 18.3 Å². The van der Waals surface area contributed by atoms with Crippen LogP contribution >= 0.6 is 23.1 Å². The number of carbonyl (C=O) groups excluding carboxylic acids is 1. The summed E-state index contributed by atoms with van der Waals surface area (Å²) in [5.41, 5.74) is 0.465. The summed E-state index contributed by atoms with van der Waals surface area (Å²) in [7, 11) is 0. The molecule has 1 aromatic carbocycles. The lowest BCUT2D eigenvalue weighted by atomic mass is 9.89. The first kappa shape index (κ1) is 18.4. The van der Waals surface area contributed by atoms with Crippen LogP contribution < -0.4 is 5.32 Å². The normalized spacial score (nSPS) is 16.9. The van der Waals surface area contributed by atoms with Crippen molar-refractivity contribution in [1.82, 2.24) is 20.4 Å². The van der Waals surface area contributed by atoms with Crippen LogP contribution in [-0.2, 0) is 10.3 Å². The van der Waals surface area contributed by atoms with Gasteiger partial charge in [0.25, 0.3) is 0 Å². The number of nitrogens with zero attached hydrogens (tertiary/aromatic N) is 3. The molecule has 0 unspecified atom stereocenters. The van der Waals surface area contributed by atoms with Crippen molar-refractivity contribution < 1.29 is 9.32 Å². The van der Waals surface area contributed by atoms with Crippen molar-refractivity contribution in [3.05, 3.63) is 36.0 Å². The molecule has 3 aromatic rings. The summed E-state index contributed by atoms with van der Waals surface area (Å²) < 4.78 is 7.26. The van der Waals surface area contributed by atoms with E-state index in [0.717, 1.165) is 40.2 Å². The quantitative estimate of drug-likeness (QED) is 0.502. The van der Waals surface area contributed by atoms with E-state index in [1.807, 2.05) is 18.2 Å². The molecule has 1 amide bonds. The van der Waals surface area contributed by atoms with E-state index < -0.39 is 5.54 Å². The molecule has 6 nitrogen and oxygen atoms in total. The standard InChI is InChI=1S/C19H22N4O2S2/c1-13-20-17(23-25-13)19(10-6-2-3-7-11-19)22-16(24)12-26-18-21-14-8-4-5-9-15(14)27-18/h4-5,8-9H,2-3,6-7,10-12H2,1H3,(H,22,24). The van der Waals surface area contributed by atoms with Gasteiger partial charge < -0.3 is 9.84 Å². The van der Waals surface area contributed by atoms with Crippen molar-refractivity contribution in [3.63, 3.8) is 0 Å². The van der Waals surface area contributed by atoms with Crippen LogP contribution in [0, 0.1) is 6.92 Å². The summed E-state index contributed by atoms with van der Waals surface area (Å²) in [6.45, 7) is 1.78. The Hall–Kier alpha value is -1.93. The molecule has 4 rings (SSSR count). The predicted molar refractivity (Wildman–Crippen MR) is 107 cm³/mol. The number of thioether (sulfide) groups is 1. The summed E-state index contributed by atoms with van der Waals surface area (Å²) in [6.07, 6.45) is 6.16. The van der Waals surface area contributed by atoms with Crippen molar-refractivity contribution in [1.29, 1.82) is 0 Å². The van der Waals surface area contributed by atoms with Gasteiger partial charge in [-0.05, 0) is 25.0 Å². The van der Waals surface area contributed by atoms with Gasteiger partial charge in [-0.15, -0.1) is 11.3 Å². The van der Waals surface area contributed by atoms with E-state index >= 15 is 0 Å². The number of nitrogens with one attached hydrogen (secondary N) is 1. The summed E-state index contributed by atoms with van der Waals surface area (Å²) in [4.78, 5) is 21.8. The zero-order chi connectivity index (χ0) is 18.7. The highest BCUT2D eigenvalue weighted by Crippen LogP contribution is 2.35. The molecule has 0 atom stereocenters. The molecule has 8 heteroatoms. The molecule has 2 aromatic heterocycles. The number of hydrogen-bond donors (Lipinski definition) is 1. The number of carbonyl (C=O) groups is 1. The number of para-hydroxylation sites is 1. The second-order valence-electron chi connectivity index (χ2n) is 6.92. The molecule has 142 valence electrons. The maximum atomic E-state index is 12.8. The Morgan fingerprint density at radius 2 is 2.00 bits per heavy atom. The highest BCUT2D eigenvalue weighted by Gasteiger charge is 2.38. The van der Waals surface area contributed by atoms with Crippen LogP contribution in [0.15, 0.2) is 33.1 Å². The Balaban J connectivity index is 1.46. The minimum atomic E-state index is -0.514. The van der Waals surface area contributed by atoms with Crippen molar-refractivity contribution in [2.24, 2.45) is 0 Å². The van der Waals surface area contributed by atoms with Gasteiger partial charge in [0.1, 0.15) is 5.54 Å². The van der Waals surface area contributed by atoms with Gasteiger partial charge in [-0.25, -0.2) is 4.98 Å². The average molecular weight is 403 g/mol. The van der Waals surface area contributed by atoms with Crippen LogP contribution in [0.5, 0.6) is 0 Å². The number of thiazole rings is 1. The minimum absolute atomic E-state index is 0.0105. The molecule has 0 saturated heterocycles. The monoisotopic (exact) mass is 402 g/mol. The molecule has 2 heterocycles. The first-order chi connectivity index (χ1) is 13.1. The maximum Gasteiger partial charge on any atom is 0.231 e. The highest BCUT2D eigenvalue weighted by molar-refractivity contribution is 8.01. The van der Waals surface area contributed by atoms with Crippen molar-refractivity contribution >= 4 is 39.2 Å². The first-order valence-corrected chi connectivity index (χ1v) is 11.1. The van der Waals surface area contributed by atoms with Gasteiger partial charge in [0.05, 0.1) is 16.0 Å². The van der Waals surface area contributed by atoms with Crippen molar-refractivity contribution in [2.75, 3.05) is 5.75 Å². The fourth-order valence-electron chi connectivity index (χ4n) is 3.57. The molecule has 1 fully saturated rings.